The molecule has 1 aliphatic rings. The Morgan fingerprint density at radius 3 is 2.50 bits per heavy atom. The summed E-state index contributed by atoms with van der Waals surface area (Å²) in [6.45, 7) is 4.47. The van der Waals surface area contributed by atoms with Crippen LogP contribution in [0.5, 0.6) is 0 Å². The third-order valence-corrected chi connectivity index (χ3v) is 6.81. The number of nitrogens with zero attached hydrogens (tertiary/aromatic N) is 5. The molecule has 3 heterocycles. The van der Waals surface area contributed by atoms with Crippen molar-refractivity contribution in [1.29, 1.82) is 0 Å². The molecular weight excluding hydrogens is 432 g/mol. The molecule has 5 rings (SSSR count). The lowest BCUT2D eigenvalue weighted by molar-refractivity contribution is -0.130. The van der Waals surface area contributed by atoms with E-state index in [0.717, 1.165) is 26.9 Å². The zero-order valence-corrected chi connectivity index (χ0v) is 18.3. The van der Waals surface area contributed by atoms with Gasteiger partial charge < -0.3 is 9.80 Å². The summed E-state index contributed by atoms with van der Waals surface area (Å²) in [4.78, 5) is 21.4. The number of piperazine rings is 1. The Kier molecular flexibility index (Phi) is 5.34. The largest absolute Gasteiger partial charge is 0.344 e. The van der Waals surface area contributed by atoms with Gasteiger partial charge in [-0.2, -0.15) is 10.1 Å². The Hall–Kier alpha value is -3.33. The first-order valence-electron chi connectivity index (χ1n) is 10.4. The Labute approximate surface area is 187 Å². The molecule has 1 saturated heterocycles. The Bertz CT molecular complexity index is 1280. The number of aromatic nitrogens is 3. The van der Waals surface area contributed by atoms with Gasteiger partial charge in [-0.05, 0) is 48.9 Å². The van der Waals surface area contributed by atoms with E-state index >= 15 is 0 Å². The van der Waals surface area contributed by atoms with Crippen LogP contribution < -0.4 is 4.90 Å². The zero-order chi connectivity index (χ0) is 22.2. The number of rotatable bonds is 4. The molecule has 0 bridgehead atoms. The van der Waals surface area contributed by atoms with Crippen LogP contribution in [0.15, 0.2) is 48.5 Å². The van der Waals surface area contributed by atoms with Gasteiger partial charge in [0.1, 0.15) is 11.6 Å². The smallest absolute Gasteiger partial charge is 0.227 e. The van der Waals surface area contributed by atoms with Crippen LogP contribution in [0.4, 0.5) is 13.9 Å². The van der Waals surface area contributed by atoms with E-state index in [2.05, 4.69) is 10.00 Å². The topological polar surface area (TPSA) is 54.3 Å². The molecule has 2 aromatic heterocycles. The molecule has 0 spiro atoms. The Morgan fingerprint density at radius 1 is 1.03 bits per heavy atom. The predicted molar refractivity (Wildman–Crippen MR) is 120 cm³/mol. The number of fused-ring (bicyclic) bond motifs is 1. The van der Waals surface area contributed by atoms with Gasteiger partial charge in [-0.25, -0.2) is 13.5 Å². The van der Waals surface area contributed by atoms with Gasteiger partial charge in [-0.3, -0.25) is 4.79 Å². The van der Waals surface area contributed by atoms with Crippen LogP contribution >= 0.6 is 11.3 Å². The molecule has 0 aliphatic carbocycles. The van der Waals surface area contributed by atoms with Crippen LogP contribution in [0.25, 0.3) is 16.0 Å². The fourth-order valence-electron chi connectivity index (χ4n) is 3.90. The van der Waals surface area contributed by atoms with Gasteiger partial charge in [0.2, 0.25) is 5.91 Å². The van der Waals surface area contributed by atoms with Gasteiger partial charge in [-0.15, -0.1) is 0 Å². The summed E-state index contributed by atoms with van der Waals surface area (Å²) in [7, 11) is 0. The van der Waals surface area contributed by atoms with E-state index in [4.69, 9.17) is 4.98 Å². The SMILES string of the molecule is Cc1nn(-c2ccc(F)cc2)c2nc(N3CCN(C(=O)Cc4cccc(F)c4)CC3)sc12. The molecule has 1 fully saturated rings. The molecule has 1 aliphatic heterocycles. The number of aryl methyl sites for hydroxylation is 1. The molecule has 32 heavy (non-hydrogen) atoms. The van der Waals surface area contributed by atoms with Gasteiger partial charge in [-0.1, -0.05) is 23.5 Å². The van der Waals surface area contributed by atoms with Gasteiger partial charge in [0, 0.05) is 26.2 Å². The molecule has 0 radical (unpaired) electrons. The molecule has 164 valence electrons. The first-order valence-corrected chi connectivity index (χ1v) is 11.2. The average molecular weight is 454 g/mol. The monoisotopic (exact) mass is 453 g/mol. The molecule has 4 aromatic rings. The maximum absolute atomic E-state index is 13.4. The number of amides is 1. The van der Waals surface area contributed by atoms with Crippen molar-refractivity contribution in [1.82, 2.24) is 19.7 Å². The highest BCUT2D eigenvalue weighted by Gasteiger charge is 2.25. The number of carbonyl (C=O) groups excluding carboxylic acids is 1. The van der Waals surface area contributed by atoms with Crippen LogP contribution in [-0.4, -0.2) is 51.8 Å². The number of benzene rings is 2. The maximum atomic E-state index is 13.4. The quantitative estimate of drug-likeness (QED) is 0.469. The molecule has 9 heteroatoms. The standard InChI is InChI=1S/C23H21F2N5OS/c1-15-21-22(30(27-15)19-7-5-17(24)6-8-19)26-23(32-21)29-11-9-28(10-12-29)20(31)14-16-3-2-4-18(25)13-16/h2-8,13H,9-12,14H2,1H3. The van der Waals surface area contributed by atoms with Gasteiger partial charge in [0.05, 0.1) is 22.5 Å². The lowest BCUT2D eigenvalue weighted by atomic mass is 10.1. The first kappa shape index (κ1) is 20.6. The zero-order valence-electron chi connectivity index (χ0n) is 17.5. The average Bonchev–Trinajstić information content (AvgIpc) is 3.35. The maximum Gasteiger partial charge on any atom is 0.227 e. The van der Waals surface area contributed by atoms with E-state index in [1.54, 1.807) is 40.3 Å². The second-order valence-corrected chi connectivity index (χ2v) is 8.77. The van der Waals surface area contributed by atoms with Crippen molar-refractivity contribution in [2.24, 2.45) is 0 Å². The fourth-order valence-corrected chi connectivity index (χ4v) is 4.94. The minimum absolute atomic E-state index is 0.00217. The number of hydrogen-bond donors (Lipinski definition) is 0. The summed E-state index contributed by atoms with van der Waals surface area (Å²) in [6.07, 6.45) is 0.200. The van der Waals surface area contributed by atoms with Crippen LogP contribution in [0.3, 0.4) is 0 Å². The Morgan fingerprint density at radius 2 is 1.78 bits per heavy atom. The number of thiazole rings is 1. The summed E-state index contributed by atoms with van der Waals surface area (Å²) in [5.41, 5.74) is 3.06. The summed E-state index contributed by atoms with van der Waals surface area (Å²) in [6, 6.07) is 12.4. The lowest BCUT2D eigenvalue weighted by Gasteiger charge is -2.34. The molecular formula is C23H21F2N5OS. The van der Waals surface area contributed by atoms with Gasteiger partial charge in [0.25, 0.3) is 0 Å². The second kappa shape index (κ2) is 8.31. The van der Waals surface area contributed by atoms with Gasteiger partial charge >= 0.3 is 0 Å². The van der Waals surface area contributed by atoms with Crippen LogP contribution in [0.1, 0.15) is 11.3 Å². The van der Waals surface area contributed by atoms with E-state index in [-0.39, 0.29) is 24.0 Å². The van der Waals surface area contributed by atoms with Crippen molar-refractivity contribution in [3.05, 3.63) is 71.4 Å². The number of halogens is 2. The number of carbonyl (C=O) groups is 1. The van der Waals surface area contributed by atoms with Crippen LogP contribution in [-0.2, 0) is 11.2 Å². The van der Waals surface area contributed by atoms with E-state index in [9.17, 15) is 13.6 Å². The fraction of sp³-hybridized carbons (Fsp3) is 0.261. The van der Waals surface area contributed by atoms with Crippen molar-refractivity contribution in [2.45, 2.75) is 13.3 Å². The summed E-state index contributed by atoms with van der Waals surface area (Å²) in [5, 5.41) is 5.44. The normalized spacial score (nSPS) is 14.3. The summed E-state index contributed by atoms with van der Waals surface area (Å²) in [5.74, 6) is -0.620. The van der Waals surface area contributed by atoms with Crippen molar-refractivity contribution in [2.75, 3.05) is 31.1 Å². The molecule has 0 unspecified atom stereocenters. The van der Waals surface area contributed by atoms with Crippen molar-refractivity contribution in [3.63, 3.8) is 0 Å². The molecule has 0 N–H and O–H groups in total. The summed E-state index contributed by atoms with van der Waals surface area (Å²) >= 11 is 1.58. The molecule has 0 atom stereocenters. The van der Waals surface area contributed by atoms with E-state index in [1.807, 2.05) is 11.8 Å². The number of anilines is 1. The summed E-state index contributed by atoms with van der Waals surface area (Å²) < 4.78 is 29.4. The Balaban J connectivity index is 1.29. The highest BCUT2D eigenvalue weighted by atomic mass is 32.1. The minimum atomic E-state index is -0.328. The molecule has 2 aromatic carbocycles. The highest BCUT2D eigenvalue weighted by Crippen LogP contribution is 2.33. The van der Waals surface area contributed by atoms with E-state index in [1.165, 1.54) is 24.3 Å². The van der Waals surface area contributed by atoms with Crippen molar-refractivity contribution in [3.8, 4) is 5.69 Å². The van der Waals surface area contributed by atoms with E-state index in [0.29, 0.717) is 31.7 Å². The first-order chi connectivity index (χ1) is 15.5. The molecule has 1 amide bonds. The van der Waals surface area contributed by atoms with Crippen LogP contribution in [0.2, 0.25) is 0 Å². The van der Waals surface area contributed by atoms with E-state index < -0.39 is 0 Å². The lowest BCUT2D eigenvalue weighted by Crippen LogP contribution is -2.49. The highest BCUT2D eigenvalue weighted by molar-refractivity contribution is 7.22. The third-order valence-electron chi connectivity index (χ3n) is 5.60. The minimum Gasteiger partial charge on any atom is -0.344 e. The van der Waals surface area contributed by atoms with Gasteiger partial charge in [0.15, 0.2) is 10.8 Å². The van der Waals surface area contributed by atoms with Crippen LogP contribution in [0, 0.1) is 18.6 Å². The predicted octanol–water partition coefficient (Wildman–Crippen LogP) is 3.96. The molecule has 0 saturated carbocycles. The van der Waals surface area contributed by atoms with Crippen molar-refractivity contribution < 1.29 is 13.6 Å². The molecule has 6 nitrogen and oxygen atoms in total. The third kappa shape index (κ3) is 3.95. The number of hydrogen-bond acceptors (Lipinski definition) is 5. The second-order valence-electron chi connectivity index (χ2n) is 7.80. The van der Waals surface area contributed by atoms with Crippen molar-refractivity contribution >= 4 is 32.7 Å².